The quantitative estimate of drug-likeness (QED) is 0.372. The molecule has 0 unspecified atom stereocenters. The number of hydrogen-bond donors (Lipinski definition) is 3. The first-order chi connectivity index (χ1) is 17.8. The summed E-state index contributed by atoms with van der Waals surface area (Å²) in [5, 5.41) is 25.7. The molecule has 1 radical (unpaired) electrons. The molecule has 1 aliphatic rings. The summed E-state index contributed by atoms with van der Waals surface area (Å²) in [6.07, 6.45) is -3.34. The molecular weight excluding hydrogens is 534 g/mol. The van der Waals surface area contributed by atoms with Gasteiger partial charge in [0.2, 0.25) is 0 Å². The summed E-state index contributed by atoms with van der Waals surface area (Å²) in [6, 6.07) is 27.0. The van der Waals surface area contributed by atoms with Gasteiger partial charge >= 0.3 is 0 Å². The van der Waals surface area contributed by atoms with E-state index in [1.165, 1.54) is 11.8 Å². The van der Waals surface area contributed by atoms with E-state index in [1.54, 1.807) is 0 Å². The van der Waals surface area contributed by atoms with Gasteiger partial charge in [-0.2, -0.15) is 0 Å². The van der Waals surface area contributed by atoms with Gasteiger partial charge in [-0.05, 0) is 58.9 Å². The van der Waals surface area contributed by atoms with Crippen molar-refractivity contribution < 1.29 is 19.7 Å². The highest BCUT2D eigenvalue weighted by Crippen LogP contribution is 2.46. The summed E-state index contributed by atoms with van der Waals surface area (Å²) >= 11 is 7.69. The van der Waals surface area contributed by atoms with Crippen LogP contribution in [0, 0.1) is 0 Å². The number of ether oxygens (including phenoxy) is 2. The Balaban J connectivity index is 1.95. The van der Waals surface area contributed by atoms with Crippen molar-refractivity contribution in [3.8, 4) is 0 Å². The average molecular weight is 571 g/mol. The maximum Gasteiger partial charge on any atom is 0.175 e. The number of nitrogens with two attached hydrogens (primary N) is 1. The number of halogens is 1. The number of aliphatic hydroxyl groups is 2. The average Bonchev–Trinajstić information content (AvgIpc) is 2.86. The molecule has 4 N–H and O–H groups in total. The Kier molecular flexibility index (Phi) is 8.82. The van der Waals surface area contributed by atoms with E-state index in [-0.39, 0.29) is 0 Å². The highest BCUT2D eigenvalue weighted by atomic mass is 35.5. The van der Waals surface area contributed by atoms with Gasteiger partial charge < -0.3 is 25.4 Å². The normalized spacial score (nSPS) is 26.5. The molecule has 0 amide bonds. The zero-order valence-electron chi connectivity index (χ0n) is 22.5. The fourth-order valence-electron chi connectivity index (χ4n) is 5.18. The van der Waals surface area contributed by atoms with Crippen LogP contribution in [0.3, 0.4) is 0 Å². The first-order valence-electron chi connectivity index (χ1n) is 12.8. The lowest BCUT2D eigenvalue weighted by Crippen LogP contribution is -2.78. The van der Waals surface area contributed by atoms with Gasteiger partial charge in [-0.3, -0.25) is 0 Å². The van der Waals surface area contributed by atoms with E-state index in [0.717, 1.165) is 15.3 Å². The first-order valence-corrected chi connectivity index (χ1v) is 15.5. The van der Waals surface area contributed by atoms with Crippen LogP contribution in [-0.4, -0.2) is 59.1 Å². The lowest BCUT2D eigenvalue weighted by molar-refractivity contribution is -0.253. The Bertz CT molecular complexity index is 1150. The molecule has 5 nitrogen and oxygen atoms in total. The summed E-state index contributed by atoms with van der Waals surface area (Å²) in [5.41, 5.74) is 5.49. The summed E-state index contributed by atoms with van der Waals surface area (Å²) in [6.45, 7) is 9.68. The van der Waals surface area contributed by atoms with Crippen molar-refractivity contribution in [2.75, 3.05) is 0 Å². The highest BCUT2D eigenvalue weighted by Gasteiger charge is 2.61. The summed E-state index contributed by atoms with van der Waals surface area (Å²) in [4.78, 5) is 0.899. The third-order valence-corrected chi connectivity index (χ3v) is 11.9. The first kappa shape index (κ1) is 29.3. The van der Waals surface area contributed by atoms with Crippen LogP contribution in [0.15, 0.2) is 89.8 Å². The molecule has 1 saturated heterocycles. The van der Waals surface area contributed by atoms with E-state index in [9.17, 15) is 10.2 Å². The number of thioether (sulfide) groups is 1. The van der Waals surface area contributed by atoms with Crippen LogP contribution < -0.4 is 16.1 Å². The molecule has 0 spiro atoms. The zero-order chi connectivity index (χ0) is 27.7. The fourth-order valence-corrected chi connectivity index (χ4v) is 10.8. The molecule has 0 aliphatic carbocycles. The minimum absolute atomic E-state index is 0.504. The molecule has 0 saturated carbocycles. The number of benzene rings is 3. The Labute approximate surface area is 236 Å². The van der Waals surface area contributed by atoms with Crippen LogP contribution >= 0.6 is 23.4 Å². The molecule has 1 aliphatic heterocycles. The van der Waals surface area contributed by atoms with Gasteiger partial charge in [0.1, 0.15) is 22.9 Å². The number of rotatable bonds is 7. The molecule has 8 heteroatoms. The van der Waals surface area contributed by atoms with Gasteiger partial charge in [0.25, 0.3) is 0 Å². The van der Waals surface area contributed by atoms with E-state index in [1.807, 2.05) is 95.3 Å². The Hall–Kier alpha value is -1.68. The maximum absolute atomic E-state index is 11.6. The largest absolute Gasteiger partial charge is 0.389 e. The predicted molar refractivity (Wildman–Crippen MR) is 158 cm³/mol. The molecule has 5 atom stereocenters. The van der Waals surface area contributed by atoms with Gasteiger partial charge in [0.15, 0.2) is 8.80 Å². The second kappa shape index (κ2) is 11.4. The van der Waals surface area contributed by atoms with Gasteiger partial charge in [-0.25, -0.2) is 0 Å². The molecule has 0 aromatic heterocycles. The van der Waals surface area contributed by atoms with E-state index in [0.29, 0.717) is 5.02 Å². The van der Waals surface area contributed by atoms with E-state index >= 15 is 0 Å². The summed E-state index contributed by atoms with van der Waals surface area (Å²) in [5.74, 6) is 0. The SMILES string of the molecule is CC(C)(C)OC(C)(C)[C@H]1O[C@](Sc2ccc(Cl)cc2)([Si](c2ccccc2)c2ccccc2)[C@H](N)[C@@H](O)[C@@H]1O. The Morgan fingerprint density at radius 2 is 1.34 bits per heavy atom. The standard InChI is InChI=1S/C30H37ClNO4SSi/c1-28(2,3)36-29(4,5)27-25(34)24(33)26(32)30(35-27,37-21-18-16-20(31)17-19-21)38(22-12-8-6-9-13-22)23-14-10-7-11-15-23/h6-19,24-27,33-34H,32H2,1-5H3/t24-,25-,26+,27-,30+/m0/s1. The van der Waals surface area contributed by atoms with Crippen LogP contribution in [0.2, 0.25) is 5.02 Å². The summed E-state index contributed by atoms with van der Waals surface area (Å²) in [7, 11) is -1.85. The predicted octanol–water partition coefficient (Wildman–Crippen LogP) is 4.02. The van der Waals surface area contributed by atoms with Gasteiger partial charge in [-0.1, -0.05) is 94.4 Å². The van der Waals surface area contributed by atoms with E-state index < -0.39 is 48.9 Å². The van der Waals surface area contributed by atoms with E-state index in [2.05, 4.69) is 24.3 Å². The van der Waals surface area contributed by atoms with Crippen molar-refractivity contribution in [2.45, 2.75) is 79.6 Å². The lowest BCUT2D eigenvalue weighted by atomic mass is 9.87. The van der Waals surface area contributed by atoms with Crippen LogP contribution in [0.25, 0.3) is 0 Å². The number of hydrogen-bond acceptors (Lipinski definition) is 6. The van der Waals surface area contributed by atoms with Crippen molar-refractivity contribution in [2.24, 2.45) is 5.73 Å². The van der Waals surface area contributed by atoms with Gasteiger partial charge in [-0.15, -0.1) is 0 Å². The fraction of sp³-hybridized carbons (Fsp3) is 0.400. The molecule has 38 heavy (non-hydrogen) atoms. The van der Waals surface area contributed by atoms with Crippen LogP contribution in [0.5, 0.6) is 0 Å². The highest BCUT2D eigenvalue weighted by molar-refractivity contribution is 8.02. The van der Waals surface area contributed by atoms with E-state index in [4.69, 9.17) is 26.8 Å². The Morgan fingerprint density at radius 1 is 0.842 bits per heavy atom. The third kappa shape index (κ3) is 6.21. The van der Waals surface area contributed by atoms with Crippen molar-refractivity contribution in [1.82, 2.24) is 0 Å². The second-order valence-corrected chi connectivity index (χ2v) is 15.9. The zero-order valence-corrected chi connectivity index (χ0v) is 25.0. The van der Waals surface area contributed by atoms with Gasteiger partial charge in [0, 0.05) is 9.92 Å². The van der Waals surface area contributed by atoms with Crippen molar-refractivity contribution in [3.63, 3.8) is 0 Å². The van der Waals surface area contributed by atoms with Crippen LogP contribution in [0.1, 0.15) is 34.6 Å². The number of aliphatic hydroxyl groups excluding tert-OH is 2. The third-order valence-electron chi connectivity index (χ3n) is 6.58. The molecule has 3 aromatic rings. The molecule has 1 fully saturated rings. The van der Waals surface area contributed by atoms with Gasteiger partial charge in [0.05, 0.1) is 17.2 Å². The second-order valence-electron chi connectivity index (χ2n) is 11.2. The minimum Gasteiger partial charge on any atom is -0.389 e. The molecule has 4 rings (SSSR count). The molecular formula is C30H37ClNO4SSi. The molecule has 0 bridgehead atoms. The van der Waals surface area contributed by atoms with Crippen molar-refractivity contribution in [3.05, 3.63) is 90.0 Å². The minimum atomic E-state index is -1.85. The monoisotopic (exact) mass is 570 g/mol. The lowest BCUT2D eigenvalue weighted by Gasteiger charge is -2.56. The van der Waals surface area contributed by atoms with Crippen LogP contribution in [-0.2, 0) is 9.47 Å². The topological polar surface area (TPSA) is 84.9 Å². The smallest absolute Gasteiger partial charge is 0.175 e. The molecule has 1 heterocycles. The summed E-state index contributed by atoms with van der Waals surface area (Å²) < 4.78 is 12.4. The van der Waals surface area contributed by atoms with Crippen molar-refractivity contribution >= 4 is 42.5 Å². The Morgan fingerprint density at radius 3 is 1.82 bits per heavy atom. The molecule has 203 valence electrons. The maximum atomic E-state index is 11.6. The van der Waals surface area contributed by atoms with Crippen molar-refractivity contribution in [1.29, 1.82) is 0 Å². The molecule has 3 aromatic carbocycles. The van der Waals surface area contributed by atoms with Crippen LogP contribution in [0.4, 0.5) is 0 Å².